The van der Waals surface area contributed by atoms with Crippen molar-refractivity contribution in [2.75, 3.05) is 6.61 Å². The van der Waals surface area contributed by atoms with Gasteiger partial charge in [0.25, 0.3) is 0 Å². The summed E-state index contributed by atoms with van der Waals surface area (Å²) in [6.45, 7) is 11.9. The molecule has 0 aliphatic rings. The first-order valence-corrected chi connectivity index (χ1v) is 4.51. The molecule has 1 N–H and O–H groups in total. The fraction of sp³-hybridized carbons (Fsp3) is 0.700. The van der Waals surface area contributed by atoms with E-state index in [9.17, 15) is 4.79 Å². The lowest BCUT2D eigenvalue weighted by atomic mass is 10.1. The first-order valence-electron chi connectivity index (χ1n) is 4.51. The maximum absolute atomic E-state index is 11.2. The van der Waals surface area contributed by atoms with Gasteiger partial charge >= 0.3 is 5.97 Å². The summed E-state index contributed by atoms with van der Waals surface area (Å²) in [5.74, 6) is -0.364. The van der Waals surface area contributed by atoms with E-state index in [-0.39, 0.29) is 11.5 Å². The van der Waals surface area contributed by atoms with Crippen LogP contribution in [0.2, 0.25) is 0 Å². The maximum Gasteiger partial charge on any atom is 0.353 e. The van der Waals surface area contributed by atoms with E-state index in [4.69, 9.17) is 4.74 Å². The predicted molar refractivity (Wildman–Crippen MR) is 53.3 cm³/mol. The summed E-state index contributed by atoms with van der Waals surface area (Å²) in [5.41, 5.74) is 0.170. The highest BCUT2D eigenvalue weighted by Gasteiger charge is 2.15. The lowest BCUT2D eigenvalue weighted by Gasteiger charge is -2.22. The van der Waals surface area contributed by atoms with Gasteiger partial charge in [0.2, 0.25) is 0 Å². The molecule has 0 heterocycles. The van der Waals surface area contributed by atoms with E-state index in [2.05, 4.69) is 11.9 Å². The summed E-state index contributed by atoms with van der Waals surface area (Å²) in [4.78, 5) is 11.2. The molecular formula is C10H19NO2. The summed E-state index contributed by atoms with van der Waals surface area (Å²) in [6.07, 6.45) is 0.828. The number of nitrogens with one attached hydrogen (secondary N) is 1. The second-order valence-corrected chi connectivity index (χ2v) is 3.99. The molecule has 0 aromatic carbocycles. The van der Waals surface area contributed by atoms with Gasteiger partial charge in [-0.3, -0.25) is 0 Å². The van der Waals surface area contributed by atoms with Crippen molar-refractivity contribution in [3.8, 4) is 0 Å². The van der Waals surface area contributed by atoms with Crippen molar-refractivity contribution >= 4 is 5.97 Å². The van der Waals surface area contributed by atoms with E-state index in [1.807, 2.05) is 27.7 Å². The van der Waals surface area contributed by atoms with E-state index in [1.165, 1.54) is 0 Å². The van der Waals surface area contributed by atoms with E-state index in [0.29, 0.717) is 12.3 Å². The number of carbonyl (C=O) groups is 1. The number of esters is 1. The second-order valence-electron chi connectivity index (χ2n) is 3.99. The normalized spacial score (nSPS) is 10.8. The van der Waals surface area contributed by atoms with Gasteiger partial charge in [0.15, 0.2) is 0 Å². The van der Waals surface area contributed by atoms with Crippen LogP contribution in [-0.4, -0.2) is 18.1 Å². The van der Waals surface area contributed by atoms with Gasteiger partial charge in [0, 0.05) is 5.54 Å². The molecule has 0 aliphatic carbocycles. The summed E-state index contributed by atoms with van der Waals surface area (Å²) in [5, 5.41) is 2.96. The zero-order chi connectivity index (χ0) is 10.5. The molecule has 0 atom stereocenters. The molecule has 13 heavy (non-hydrogen) atoms. The maximum atomic E-state index is 11.2. The van der Waals surface area contributed by atoms with Crippen molar-refractivity contribution in [2.24, 2.45) is 0 Å². The van der Waals surface area contributed by atoms with Crippen molar-refractivity contribution in [2.45, 2.75) is 39.7 Å². The van der Waals surface area contributed by atoms with Crippen LogP contribution in [-0.2, 0) is 9.53 Å². The molecule has 0 fully saturated rings. The fourth-order valence-electron chi connectivity index (χ4n) is 0.786. The molecule has 0 saturated heterocycles. The number of carbonyl (C=O) groups excluding carboxylic acids is 1. The minimum absolute atomic E-state index is 0.150. The molecule has 0 amide bonds. The van der Waals surface area contributed by atoms with Gasteiger partial charge in [-0.15, -0.1) is 0 Å². The monoisotopic (exact) mass is 185 g/mol. The van der Waals surface area contributed by atoms with Crippen LogP contribution >= 0.6 is 0 Å². The highest BCUT2D eigenvalue weighted by molar-refractivity contribution is 5.87. The average Bonchev–Trinajstić information content (AvgIpc) is 1.96. The van der Waals surface area contributed by atoms with Gasteiger partial charge in [-0.25, -0.2) is 4.79 Å². The van der Waals surface area contributed by atoms with Crippen LogP contribution in [0.1, 0.15) is 34.1 Å². The number of ether oxygens (including phenoxy) is 1. The Hall–Kier alpha value is -0.990. The molecule has 76 valence electrons. The van der Waals surface area contributed by atoms with E-state index in [0.717, 1.165) is 6.42 Å². The van der Waals surface area contributed by atoms with Crippen molar-refractivity contribution in [1.82, 2.24) is 5.32 Å². The summed E-state index contributed by atoms with van der Waals surface area (Å²) in [7, 11) is 0. The van der Waals surface area contributed by atoms with Crippen LogP contribution in [0.4, 0.5) is 0 Å². The van der Waals surface area contributed by atoms with Crippen molar-refractivity contribution in [1.29, 1.82) is 0 Å². The molecule has 0 spiro atoms. The fourth-order valence-corrected chi connectivity index (χ4v) is 0.786. The SMILES string of the molecule is C=C(NC(C)(C)C)C(=O)OCCC. The Bertz CT molecular complexity index is 192. The third-order valence-corrected chi connectivity index (χ3v) is 1.21. The van der Waals surface area contributed by atoms with Crippen LogP contribution in [0.3, 0.4) is 0 Å². The highest BCUT2D eigenvalue weighted by Crippen LogP contribution is 2.03. The van der Waals surface area contributed by atoms with Crippen LogP contribution in [0.25, 0.3) is 0 Å². The van der Waals surface area contributed by atoms with Gasteiger partial charge in [-0.2, -0.15) is 0 Å². The standard InChI is InChI=1S/C10H19NO2/c1-6-7-13-9(12)8(2)11-10(3,4)5/h11H,2,6-7H2,1,3-5H3. The molecule has 3 heteroatoms. The van der Waals surface area contributed by atoms with Crippen LogP contribution < -0.4 is 5.32 Å². The van der Waals surface area contributed by atoms with E-state index >= 15 is 0 Å². The Labute approximate surface area is 80.2 Å². The molecule has 0 aromatic rings. The molecule has 0 saturated carbocycles. The topological polar surface area (TPSA) is 38.3 Å². The number of hydrogen-bond donors (Lipinski definition) is 1. The van der Waals surface area contributed by atoms with E-state index < -0.39 is 0 Å². The van der Waals surface area contributed by atoms with Crippen LogP contribution in [0.5, 0.6) is 0 Å². The molecule has 0 aromatic heterocycles. The summed E-state index contributed by atoms with van der Waals surface area (Å²) in [6, 6.07) is 0. The van der Waals surface area contributed by atoms with Gasteiger partial charge in [-0.1, -0.05) is 13.5 Å². The Balaban J connectivity index is 3.91. The first kappa shape index (κ1) is 12.0. The van der Waals surface area contributed by atoms with Gasteiger partial charge in [-0.05, 0) is 27.2 Å². The predicted octanol–water partition coefficient (Wildman–Crippen LogP) is 1.84. The van der Waals surface area contributed by atoms with Crippen LogP contribution in [0, 0.1) is 0 Å². The summed E-state index contributed by atoms with van der Waals surface area (Å²) >= 11 is 0. The minimum Gasteiger partial charge on any atom is -0.461 e. The van der Waals surface area contributed by atoms with Crippen molar-refractivity contribution in [3.63, 3.8) is 0 Å². The molecule has 3 nitrogen and oxygen atoms in total. The quantitative estimate of drug-likeness (QED) is 0.536. The van der Waals surface area contributed by atoms with Gasteiger partial charge in [0.1, 0.15) is 5.70 Å². The smallest absolute Gasteiger partial charge is 0.353 e. The Morgan fingerprint density at radius 3 is 2.38 bits per heavy atom. The lowest BCUT2D eigenvalue weighted by molar-refractivity contribution is -0.139. The molecule has 0 aliphatic heterocycles. The number of rotatable bonds is 4. The first-order chi connectivity index (χ1) is 5.87. The Morgan fingerprint density at radius 2 is 2.00 bits per heavy atom. The van der Waals surface area contributed by atoms with Gasteiger partial charge in [0.05, 0.1) is 6.61 Å². The molecular weight excluding hydrogens is 166 g/mol. The van der Waals surface area contributed by atoms with Crippen molar-refractivity contribution < 1.29 is 9.53 Å². The molecule has 0 radical (unpaired) electrons. The second kappa shape index (κ2) is 4.90. The third kappa shape index (κ3) is 6.20. The third-order valence-electron chi connectivity index (χ3n) is 1.21. The molecule has 0 bridgehead atoms. The lowest BCUT2D eigenvalue weighted by Crippen LogP contribution is -2.37. The highest BCUT2D eigenvalue weighted by atomic mass is 16.5. The number of hydrogen-bond acceptors (Lipinski definition) is 3. The van der Waals surface area contributed by atoms with Crippen molar-refractivity contribution in [3.05, 3.63) is 12.3 Å². The van der Waals surface area contributed by atoms with E-state index in [1.54, 1.807) is 0 Å². The largest absolute Gasteiger partial charge is 0.461 e. The summed E-state index contributed by atoms with van der Waals surface area (Å²) < 4.78 is 4.90. The molecule has 0 unspecified atom stereocenters. The van der Waals surface area contributed by atoms with Gasteiger partial charge < -0.3 is 10.1 Å². The zero-order valence-corrected chi connectivity index (χ0v) is 8.94. The van der Waals surface area contributed by atoms with Crippen LogP contribution in [0.15, 0.2) is 12.3 Å². The average molecular weight is 185 g/mol. The molecule has 0 rings (SSSR count). The Kier molecular flexibility index (Phi) is 4.52. The minimum atomic E-state index is -0.364. The zero-order valence-electron chi connectivity index (χ0n) is 8.94. The Morgan fingerprint density at radius 1 is 1.46 bits per heavy atom.